The largest absolute Gasteiger partial charge is 0.478 e. The van der Waals surface area contributed by atoms with E-state index in [-0.39, 0.29) is 24.0 Å². The molecule has 0 saturated heterocycles. The van der Waals surface area contributed by atoms with Gasteiger partial charge in [0.25, 0.3) is 0 Å². The summed E-state index contributed by atoms with van der Waals surface area (Å²) in [4.78, 5) is 8.77. The molecule has 126 valence electrons. The van der Waals surface area contributed by atoms with Gasteiger partial charge in [0, 0.05) is 31.5 Å². The van der Waals surface area contributed by atoms with Crippen LogP contribution < -0.4 is 15.4 Å². The number of hydrogen-bond donors (Lipinski definition) is 2. The summed E-state index contributed by atoms with van der Waals surface area (Å²) in [6.45, 7) is 10.0. The van der Waals surface area contributed by atoms with Gasteiger partial charge in [-0.2, -0.15) is 0 Å². The van der Waals surface area contributed by atoms with Gasteiger partial charge in [-0.25, -0.2) is 9.98 Å². The Morgan fingerprint density at radius 1 is 1.23 bits per heavy atom. The molecule has 0 aliphatic heterocycles. The number of rotatable bonds is 9. The molecule has 0 aliphatic rings. The molecule has 0 atom stereocenters. The lowest BCUT2D eigenvalue weighted by atomic mass is 10.3. The third kappa shape index (κ3) is 8.38. The van der Waals surface area contributed by atoms with Crippen molar-refractivity contribution >= 4 is 29.9 Å². The van der Waals surface area contributed by atoms with Crippen molar-refractivity contribution in [1.82, 2.24) is 15.6 Å². The Bertz CT molecular complexity index is 430. The summed E-state index contributed by atoms with van der Waals surface area (Å²) in [5, 5.41) is 6.43. The molecule has 1 aromatic heterocycles. The van der Waals surface area contributed by atoms with Gasteiger partial charge in [-0.15, -0.1) is 24.0 Å². The maximum absolute atomic E-state index is 5.50. The van der Waals surface area contributed by atoms with Crippen LogP contribution in [0.2, 0.25) is 0 Å². The monoisotopic (exact) mass is 422 g/mol. The van der Waals surface area contributed by atoms with Gasteiger partial charge in [-0.3, -0.25) is 0 Å². The Morgan fingerprint density at radius 2 is 2.05 bits per heavy atom. The molecule has 0 spiro atoms. The SMILES string of the molecule is CCNC(=NCc1cccnc1OCC)NCCOCC.I. The van der Waals surface area contributed by atoms with Crippen molar-refractivity contribution in [3.63, 3.8) is 0 Å². The highest BCUT2D eigenvalue weighted by molar-refractivity contribution is 14.0. The van der Waals surface area contributed by atoms with Crippen LogP contribution in [0.15, 0.2) is 23.3 Å². The fraction of sp³-hybridized carbons (Fsp3) is 0.600. The number of pyridine rings is 1. The smallest absolute Gasteiger partial charge is 0.218 e. The van der Waals surface area contributed by atoms with E-state index in [1.54, 1.807) is 6.20 Å². The molecule has 6 nitrogen and oxygen atoms in total. The van der Waals surface area contributed by atoms with E-state index in [1.807, 2.05) is 32.9 Å². The lowest BCUT2D eigenvalue weighted by Crippen LogP contribution is -2.39. The predicted molar refractivity (Wildman–Crippen MR) is 100 cm³/mol. The minimum Gasteiger partial charge on any atom is -0.478 e. The van der Waals surface area contributed by atoms with Crippen LogP contribution in [0.25, 0.3) is 0 Å². The molecule has 22 heavy (non-hydrogen) atoms. The maximum atomic E-state index is 5.50. The Hall–Kier alpha value is -1.09. The second-order valence-electron chi connectivity index (χ2n) is 4.22. The van der Waals surface area contributed by atoms with E-state index in [1.165, 1.54) is 0 Å². The summed E-state index contributed by atoms with van der Waals surface area (Å²) in [6.07, 6.45) is 1.73. The predicted octanol–water partition coefficient (Wildman–Crippen LogP) is 2.19. The van der Waals surface area contributed by atoms with Gasteiger partial charge in [-0.1, -0.05) is 6.07 Å². The van der Waals surface area contributed by atoms with E-state index in [0.29, 0.717) is 25.6 Å². The number of aliphatic imine (C=N–C) groups is 1. The lowest BCUT2D eigenvalue weighted by Gasteiger charge is -2.12. The Labute approximate surface area is 150 Å². The highest BCUT2D eigenvalue weighted by Crippen LogP contribution is 2.15. The average molecular weight is 422 g/mol. The molecule has 7 heteroatoms. The minimum absolute atomic E-state index is 0. The van der Waals surface area contributed by atoms with Crippen LogP contribution >= 0.6 is 24.0 Å². The van der Waals surface area contributed by atoms with E-state index in [0.717, 1.165) is 31.2 Å². The molecule has 0 unspecified atom stereocenters. The number of aromatic nitrogens is 1. The van der Waals surface area contributed by atoms with Crippen molar-refractivity contribution in [3.8, 4) is 5.88 Å². The Balaban J connectivity index is 0.00000441. The molecule has 0 radical (unpaired) electrons. The highest BCUT2D eigenvalue weighted by Gasteiger charge is 2.04. The molecule has 1 rings (SSSR count). The Kier molecular flexibility index (Phi) is 12.9. The van der Waals surface area contributed by atoms with Crippen molar-refractivity contribution in [1.29, 1.82) is 0 Å². The molecule has 0 bridgehead atoms. The number of nitrogens with zero attached hydrogens (tertiary/aromatic N) is 2. The summed E-state index contributed by atoms with van der Waals surface area (Å²) in [5.41, 5.74) is 0.973. The molecule has 0 amide bonds. The van der Waals surface area contributed by atoms with Gasteiger partial charge in [-0.05, 0) is 26.8 Å². The van der Waals surface area contributed by atoms with Crippen molar-refractivity contribution in [2.75, 3.05) is 32.9 Å². The van der Waals surface area contributed by atoms with Gasteiger partial charge in [0.1, 0.15) is 0 Å². The first-order chi connectivity index (χ1) is 10.3. The van der Waals surface area contributed by atoms with E-state index < -0.39 is 0 Å². The summed E-state index contributed by atoms with van der Waals surface area (Å²) >= 11 is 0. The van der Waals surface area contributed by atoms with Crippen LogP contribution in [0, 0.1) is 0 Å². The molecule has 0 aliphatic carbocycles. The molecule has 0 fully saturated rings. The number of ether oxygens (including phenoxy) is 2. The lowest BCUT2D eigenvalue weighted by molar-refractivity contribution is 0.152. The summed E-state index contributed by atoms with van der Waals surface area (Å²) in [7, 11) is 0. The molecule has 0 aromatic carbocycles. The van der Waals surface area contributed by atoms with Gasteiger partial charge < -0.3 is 20.1 Å². The fourth-order valence-electron chi connectivity index (χ4n) is 1.70. The van der Waals surface area contributed by atoms with E-state index >= 15 is 0 Å². The zero-order valence-corrected chi connectivity index (χ0v) is 15.9. The standard InChI is InChI=1S/C15H26N4O2.HI/c1-4-16-15(18-10-11-20-5-2)19-12-13-8-7-9-17-14(13)21-6-3;/h7-9H,4-6,10-12H2,1-3H3,(H2,16,18,19);1H. The first-order valence-corrected chi connectivity index (χ1v) is 7.48. The van der Waals surface area contributed by atoms with Crippen molar-refractivity contribution in [2.45, 2.75) is 27.3 Å². The van der Waals surface area contributed by atoms with E-state index in [2.05, 4.69) is 20.6 Å². The van der Waals surface area contributed by atoms with Gasteiger partial charge in [0.05, 0.1) is 19.8 Å². The van der Waals surface area contributed by atoms with Crippen LogP contribution in [0.3, 0.4) is 0 Å². The summed E-state index contributed by atoms with van der Waals surface area (Å²) in [5.74, 6) is 1.41. The van der Waals surface area contributed by atoms with E-state index in [4.69, 9.17) is 9.47 Å². The second-order valence-corrected chi connectivity index (χ2v) is 4.22. The van der Waals surface area contributed by atoms with Gasteiger partial charge in [0.2, 0.25) is 5.88 Å². The van der Waals surface area contributed by atoms with Crippen LogP contribution in [-0.2, 0) is 11.3 Å². The quantitative estimate of drug-likeness (QED) is 0.277. The third-order valence-electron chi connectivity index (χ3n) is 2.63. The fourth-order valence-corrected chi connectivity index (χ4v) is 1.70. The molecule has 1 aromatic rings. The molecule has 0 saturated carbocycles. The zero-order chi connectivity index (χ0) is 15.3. The summed E-state index contributed by atoms with van der Waals surface area (Å²) in [6, 6.07) is 3.87. The maximum Gasteiger partial charge on any atom is 0.218 e. The number of hydrogen-bond acceptors (Lipinski definition) is 4. The molecule has 2 N–H and O–H groups in total. The van der Waals surface area contributed by atoms with Crippen molar-refractivity contribution in [3.05, 3.63) is 23.9 Å². The first kappa shape index (κ1) is 20.9. The first-order valence-electron chi connectivity index (χ1n) is 7.48. The molecular weight excluding hydrogens is 395 g/mol. The molecule has 1 heterocycles. The molecular formula is C15H27IN4O2. The number of halogens is 1. The number of nitrogens with one attached hydrogen (secondary N) is 2. The minimum atomic E-state index is 0. The van der Waals surface area contributed by atoms with Gasteiger partial charge in [0.15, 0.2) is 5.96 Å². The third-order valence-corrected chi connectivity index (χ3v) is 2.63. The highest BCUT2D eigenvalue weighted by atomic mass is 127. The zero-order valence-electron chi connectivity index (χ0n) is 13.6. The number of guanidine groups is 1. The van der Waals surface area contributed by atoms with E-state index in [9.17, 15) is 0 Å². The van der Waals surface area contributed by atoms with Crippen LogP contribution in [0.1, 0.15) is 26.3 Å². The van der Waals surface area contributed by atoms with Gasteiger partial charge >= 0.3 is 0 Å². The van der Waals surface area contributed by atoms with Crippen LogP contribution in [0.5, 0.6) is 5.88 Å². The topological polar surface area (TPSA) is 67.8 Å². The van der Waals surface area contributed by atoms with Crippen LogP contribution in [-0.4, -0.2) is 43.9 Å². The van der Waals surface area contributed by atoms with Crippen molar-refractivity contribution < 1.29 is 9.47 Å². The normalized spacial score (nSPS) is 10.8. The summed E-state index contributed by atoms with van der Waals surface area (Å²) < 4.78 is 10.8. The van der Waals surface area contributed by atoms with Crippen LogP contribution in [0.4, 0.5) is 0 Å². The average Bonchev–Trinajstić information content (AvgIpc) is 2.50. The Morgan fingerprint density at radius 3 is 2.73 bits per heavy atom. The van der Waals surface area contributed by atoms with Crippen molar-refractivity contribution in [2.24, 2.45) is 4.99 Å². The second kappa shape index (κ2) is 13.6.